The molecule has 0 spiro atoms. The van der Waals surface area contributed by atoms with Crippen LogP contribution in [0.4, 0.5) is 4.39 Å². The van der Waals surface area contributed by atoms with E-state index in [4.69, 9.17) is 4.74 Å². The summed E-state index contributed by atoms with van der Waals surface area (Å²) in [5, 5.41) is 0. The molecule has 3 nitrogen and oxygen atoms in total. The molecule has 0 N–H and O–H groups in total. The third kappa shape index (κ3) is 3.04. The van der Waals surface area contributed by atoms with Crippen LogP contribution in [0.1, 0.15) is 25.6 Å². The number of nitrogens with zero attached hydrogens (tertiary/aromatic N) is 2. The third-order valence-electron chi connectivity index (χ3n) is 2.26. The zero-order valence-electron chi connectivity index (χ0n) is 10.0. The number of ether oxygens (including phenoxy) is 1. The summed E-state index contributed by atoms with van der Waals surface area (Å²) in [7, 11) is 0. The van der Waals surface area contributed by atoms with Gasteiger partial charge in [0.2, 0.25) is 5.88 Å². The Bertz CT molecular complexity index is 560. The van der Waals surface area contributed by atoms with Gasteiger partial charge < -0.3 is 4.74 Å². The van der Waals surface area contributed by atoms with Crippen LogP contribution in [-0.4, -0.2) is 9.97 Å². The molecular weight excluding hydrogens is 299 g/mol. The van der Waals surface area contributed by atoms with E-state index in [9.17, 15) is 4.39 Å². The van der Waals surface area contributed by atoms with Gasteiger partial charge in [0.25, 0.3) is 0 Å². The van der Waals surface area contributed by atoms with Crippen LogP contribution in [0.2, 0.25) is 0 Å². The molecule has 1 heterocycles. The average molecular weight is 311 g/mol. The maximum Gasteiger partial charge on any atom is 0.223 e. The second-order valence-corrected chi connectivity index (χ2v) is 4.89. The SMILES string of the molecule is CC(C)c1nc(Br)cc(Oc2ccccc2F)n1. The van der Waals surface area contributed by atoms with E-state index in [2.05, 4.69) is 25.9 Å². The highest BCUT2D eigenvalue weighted by Gasteiger charge is 2.10. The summed E-state index contributed by atoms with van der Waals surface area (Å²) in [4.78, 5) is 8.47. The predicted octanol–water partition coefficient (Wildman–Crippen LogP) is 4.29. The summed E-state index contributed by atoms with van der Waals surface area (Å²) in [6.07, 6.45) is 0. The van der Waals surface area contributed by atoms with E-state index in [0.717, 1.165) is 0 Å². The van der Waals surface area contributed by atoms with Crippen LogP contribution < -0.4 is 4.74 Å². The van der Waals surface area contributed by atoms with Crippen LogP contribution in [0, 0.1) is 5.82 Å². The Hall–Kier alpha value is -1.49. The van der Waals surface area contributed by atoms with Crippen molar-refractivity contribution in [1.29, 1.82) is 0 Å². The number of benzene rings is 1. The molecule has 94 valence electrons. The fourth-order valence-corrected chi connectivity index (χ4v) is 1.74. The molecule has 0 atom stereocenters. The third-order valence-corrected chi connectivity index (χ3v) is 2.66. The van der Waals surface area contributed by atoms with Crippen LogP contribution in [0.5, 0.6) is 11.6 Å². The first-order valence-electron chi connectivity index (χ1n) is 5.53. The fourth-order valence-electron chi connectivity index (χ4n) is 1.36. The fraction of sp³-hybridized carbons (Fsp3) is 0.231. The van der Waals surface area contributed by atoms with E-state index in [1.54, 1.807) is 24.3 Å². The normalized spacial score (nSPS) is 10.7. The van der Waals surface area contributed by atoms with E-state index in [0.29, 0.717) is 16.3 Å². The lowest BCUT2D eigenvalue weighted by Crippen LogP contribution is -2.00. The molecule has 1 aromatic heterocycles. The minimum absolute atomic E-state index is 0.151. The highest BCUT2D eigenvalue weighted by atomic mass is 79.9. The Kier molecular flexibility index (Phi) is 3.91. The Morgan fingerprint density at radius 2 is 1.94 bits per heavy atom. The summed E-state index contributed by atoms with van der Waals surface area (Å²) < 4.78 is 19.5. The first-order valence-corrected chi connectivity index (χ1v) is 6.32. The minimum atomic E-state index is -0.418. The summed E-state index contributed by atoms with van der Waals surface area (Å²) >= 11 is 3.29. The standard InChI is InChI=1S/C13H12BrFN2O/c1-8(2)13-16-11(14)7-12(17-13)18-10-6-4-3-5-9(10)15/h3-8H,1-2H3. The summed E-state index contributed by atoms with van der Waals surface area (Å²) in [5.74, 6) is 0.878. The lowest BCUT2D eigenvalue weighted by atomic mass is 10.2. The highest BCUT2D eigenvalue weighted by Crippen LogP contribution is 2.25. The summed E-state index contributed by atoms with van der Waals surface area (Å²) in [5.41, 5.74) is 0. The molecule has 0 aliphatic heterocycles. The monoisotopic (exact) mass is 310 g/mol. The van der Waals surface area contributed by atoms with Crippen molar-refractivity contribution in [3.8, 4) is 11.6 Å². The summed E-state index contributed by atoms with van der Waals surface area (Å²) in [6.45, 7) is 3.96. The van der Waals surface area contributed by atoms with Crippen molar-refractivity contribution in [2.24, 2.45) is 0 Å². The number of hydrogen-bond donors (Lipinski definition) is 0. The van der Waals surface area contributed by atoms with Crippen LogP contribution in [0.25, 0.3) is 0 Å². The maximum absolute atomic E-state index is 13.5. The molecule has 0 bridgehead atoms. The zero-order valence-corrected chi connectivity index (χ0v) is 11.6. The van der Waals surface area contributed by atoms with E-state index in [1.165, 1.54) is 6.07 Å². The molecule has 0 unspecified atom stereocenters. The molecule has 18 heavy (non-hydrogen) atoms. The van der Waals surface area contributed by atoms with Gasteiger partial charge in [-0.3, -0.25) is 0 Å². The molecule has 5 heteroatoms. The Morgan fingerprint density at radius 3 is 2.61 bits per heavy atom. The lowest BCUT2D eigenvalue weighted by Gasteiger charge is -2.09. The molecule has 0 saturated heterocycles. The molecule has 0 radical (unpaired) electrons. The second kappa shape index (κ2) is 5.44. The molecule has 0 fully saturated rings. The maximum atomic E-state index is 13.5. The average Bonchev–Trinajstić information content (AvgIpc) is 2.31. The van der Waals surface area contributed by atoms with Crippen LogP contribution >= 0.6 is 15.9 Å². The van der Waals surface area contributed by atoms with E-state index < -0.39 is 5.82 Å². The van der Waals surface area contributed by atoms with Gasteiger partial charge in [-0.1, -0.05) is 26.0 Å². The molecule has 1 aromatic carbocycles. The van der Waals surface area contributed by atoms with Crippen LogP contribution in [0.15, 0.2) is 34.9 Å². The van der Waals surface area contributed by atoms with Crippen molar-refractivity contribution < 1.29 is 9.13 Å². The van der Waals surface area contributed by atoms with Gasteiger partial charge in [-0.25, -0.2) is 9.37 Å². The molecular formula is C13H12BrFN2O. The number of aromatic nitrogens is 2. The minimum Gasteiger partial charge on any atom is -0.436 e. The Morgan fingerprint density at radius 1 is 1.22 bits per heavy atom. The molecule has 2 rings (SSSR count). The van der Waals surface area contributed by atoms with Gasteiger partial charge in [0, 0.05) is 12.0 Å². The molecule has 0 aliphatic rings. The molecule has 2 aromatic rings. The summed E-state index contributed by atoms with van der Waals surface area (Å²) in [6, 6.07) is 7.82. The van der Waals surface area contributed by atoms with E-state index >= 15 is 0 Å². The predicted molar refractivity (Wildman–Crippen MR) is 70.3 cm³/mol. The van der Waals surface area contributed by atoms with Gasteiger partial charge in [0.1, 0.15) is 10.4 Å². The van der Waals surface area contributed by atoms with Gasteiger partial charge in [-0.15, -0.1) is 0 Å². The van der Waals surface area contributed by atoms with Crippen molar-refractivity contribution in [2.75, 3.05) is 0 Å². The Balaban J connectivity index is 2.32. The molecule has 0 saturated carbocycles. The van der Waals surface area contributed by atoms with Crippen molar-refractivity contribution in [3.05, 3.63) is 46.6 Å². The smallest absolute Gasteiger partial charge is 0.223 e. The van der Waals surface area contributed by atoms with E-state index in [-0.39, 0.29) is 11.7 Å². The molecule has 0 aliphatic carbocycles. The first kappa shape index (κ1) is 13.0. The lowest BCUT2D eigenvalue weighted by molar-refractivity contribution is 0.423. The number of halogens is 2. The zero-order chi connectivity index (χ0) is 13.1. The van der Waals surface area contributed by atoms with Crippen molar-refractivity contribution in [3.63, 3.8) is 0 Å². The second-order valence-electron chi connectivity index (χ2n) is 4.07. The number of hydrogen-bond acceptors (Lipinski definition) is 3. The number of rotatable bonds is 3. The van der Waals surface area contributed by atoms with Crippen LogP contribution in [0.3, 0.4) is 0 Å². The highest BCUT2D eigenvalue weighted by molar-refractivity contribution is 9.10. The topological polar surface area (TPSA) is 35.0 Å². The van der Waals surface area contributed by atoms with Crippen LogP contribution in [-0.2, 0) is 0 Å². The van der Waals surface area contributed by atoms with Crippen molar-refractivity contribution in [1.82, 2.24) is 9.97 Å². The number of para-hydroxylation sites is 1. The van der Waals surface area contributed by atoms with Gasteiger partial charge >= 0.3 is 0 Å². The van der Waals surface area contributed by atoms with Gasteiger partial charge in [0.05, 0.1) is 0 Å². The van der Waals surface area contributed by atoms with Gasteiger partial charge in [-0.05, 0) is 28.1 Å². The van der Waals surface area contributed by atoms with E-state index in [1.807, 2.05) is 13.8 Å². The van der Waals surface area contributed by atoms with Crippen molar-refractivity contribution in [2.45, 2.75) is 19.8 Å². The van der Waals surface area contributed by atoms with Gasteiger partial charge in [0.15, 0.2) is 11.6 Å². The first-order chi connectivity index (χ1) is 8.56. The quantitative estimate of drug-likeness (QED) is 0.793. The largest absolute Gasteiger partial charge is 0.436 e. The Labute approximate surface area is 113 Å². The molecule has 0 amide bonds. The van der Waals surface area contributed by atoms with Crippen molar-refractivity contribution >= 4 is 15.9 Å². The van der Waals surface area contributed by atoms with Gasteiger partial charge in [-0.2, -0.15) is 4.98 Å².